The van der Waals surface area contributed by atoms with Crippen LogP contribution in [-0.2, 0) is 9.31 Å². The summed E-state index contributed by atoms with van der Waals surface area (Å²) < 4.78 is 15.5. The second kappa shape index (κ2) is 7.66. The summed E-state index contributed by atoms with van der Waals surface area (Å²) in [5.41, 5.74) is 2.80. The van der Waals surface area contributed by atoms with Gasteiger partial charge in [-0.05, 0) is 84.0 Å². The Balaban J connectivity index is 1.42. The van der Waals surface area contributed by atoms with Gasteiger partial charge in [0.1, 0.15) is 0 Å². The van der Waals surface area contributed by atoms with Crippen molar-refractivity contribution in [2.24, 2.45) is 0 Å². The van der Waals surface area contributed by atoms with Crippen molar-refractivity contribution >= 4 is 65.6 Å². The Morgan fingerprint density at radius 1 is 0.611 bits per heavy atom. The van der Waals surface area contributed by atoms with Gasteiger partial charge in [-0.25, -0.2) is 0 Å². The molecule has 4 heteroatoms. The van der Waals surface area contributed by atoms with Crippen LogP contribution < -0.4 is 5.46 Å². The molecule has 7 rings (SSSR count). The summed E-state index contributed by atoms with van der Waals surface area (Å²) in [5, 5.41) is 7.67. The predicted molar refractivity (Wildman–Crippen MR) is 155 cm³/mol. The van der Waals surface area contributed by atoms with Gasteiger partial charge >= 0.3 is 7.12 Å². The molecule has 5 aromatic carbocycles. The molecule has 36 heavy (non-hydrogen) atoms. The van der Waals surface area contributed by atoms with Crippen molar-refractivity contribution in [2.45, 2.75) is 38.9 Å². The molecule has 0 radical (unpaired) electrons. The van der Waals surface area contributed by atoms with Crippen LogP contribution in [0.2, 0.25) is 0 Å². The summed E-state index contributed by atoms with van der Waals surface area (Å²) in [6.45, 7) is 8.42. The van der Waals surface area contributed by atoms with Gasteiger partial charge in [0.2, 0.25) is 0 Å². The highest BCUT2D eigenvalue weighted by Gasteiger charge is 2.52. The van der Waals surface area contributed by atoms with Crippen molar-refractivity contribution in [1.29, 1.82) is 0 Å². The van der Waals surface area contributed by atoms with E-state index in [9.17, 15) is 0 Å². The molecule has 0 N–H and O–H groups in total. The highest BCUT2D eigenvalue weighted by molar-refractivity contribution is 7.26. The molecule has 1 aromatic heterocycles. The van der Waals surface area contributed by atoms with Gasteiger partial charge in [-0.15, -0.1) is 11.3 Å². The molecule has 2 heterocycles. The Bertz CT molecular complexity index is 1800. The molecule has 2 nitrogen and oxygen atoms in total. The van der Waals surface area contributed by atoms with Crippen LogP contribution >= 0.6 is 11.3 Å². The third kappa shape index (κ3) is 3.18. The number of benzene rings is 5. The van der Waals surface area contributed by atoms with Gasteiger partial charge in [0.05, 0.1) is 11.2 Å². The Morgan fingerprint density at radius 2 is 1.28 bits per heavy atom. The van der Waals surface area contributed by atoms with Crippen LogP contribution in [0, 0.1) is 0 Å². The first-order chi connectivity index (χ1) is 17.3. The zero-order valence-corrected chi connectivity index (χ0v) is 21.8. The summed E-state index contributed by atoms with van der Waals surface area (Å²) in [7, 11) is -0.386. The van der Waals surface area contributed by atoms with Gasteiger partial charge in [-0.1, -0.05) is 72.8 Å². The smallest absolute Gasteiger partial charge is 0.399 e. The van der Waals surface area contributed by atoms with Gasteiger partial charge in [-0.3, -0.25) is 0 Å². The maximum atomic E-state index is 6.42. The van der Waals surface area contributed by atoms with E-state index in [4.69, 9.17) is 9.31 Å². The number of fused-ring (bicyclic) bond motifs is 6. The average Bonchev–Trinajstić information content (AvgIpc) is 3.35. The van der Waals surface area contributed by atoms with Crippen molar-refractivity contribution in [1.82, 2.24) is 0 Å². The highest BCUT2D eigenvalue weighted by Crippen LogP contribution is 2.41. The fraction of sp³-hybridized carbons (Fsp3) is 0.188. The largest absolute Gasteiger partial charge is 0.495 e. The number of hydrogen-bond donors (Lipinski definition) is 0. The second-order valence-corrected chi connectivity index (χ2v) is 11.9. The first-order valence-corrected chi connectivity index (χ1v) is 13.4. The number of rotatable bonds is 2. The highest BCUT2D eigenvalue weighted by atomic mass is 32.1. The zero-order valence-electron chi connectivity index (χ0n) is 21.0. The molecule has 176 valence electrons. The minimum absolute atomic E-state index is 0.370. The topological polar surface area (TPSA) is 18.5 Å². The molecule has 0 saturated carbocycles. The van der Waals surface area contributed by atoms with E-state index < -0.39 is 0 Å². The Labute approximate surface area is 215 Å². The average molecular weight is 486 g/mol. The Hall–Kier alpha value is -3.18. The van der Waals surface area contributed by atoms with Crippen molar-refractivity contribution in [3.63, 3.8) is 0 Å². The summed E-state index contributed by atoms with van der Waals surface area (Å²) in [6.07, 6.45) is 0. The molecule has 0 amide bonds. The first kappa shape index (κ1) is 22.1. The van der Waals surface area contributed by atoms with Gasteiger partial charge in [0.15, 0.2) is 0 Å². The first-order valence-electron chi connectivity index (χ1n) is 12.5. The normalized spacial score (nSPS) is 17.1. The molecule has 0 unspecified atom stereocenters. The van der Waals surface area contributed by atoms with Crippen molar-refractivity contribution < 1.29 is 9.31 Å². The fourth-order valence-corrected chi connectivity index (χ4v) is 6.57. The Morgan fingerprint density at radius 3 is 2.06 bits per heavy atom. The van der Waals surface area contributed by atoms with E-state index in [2.05, 4.69) is 119 Å². The fourth-order valence-electron chi connectivity index (χ4n) is 5.46. The van der Waals surface area contributed by atoms with E-state index in [0.717, 1.165) is 5.46 Å². The van der Waals surface area contributed by atoms with E-state index in [1.165, 1.54) is 52.8 Å². The molecule has 1 aliphatic rings. The molecule has 1 saturated heterocycles. The van der Waals surface area contributed by atoms with Gasteiger partial charge in [0.25, 0.3) is 0 Å². The summed E-state index contributed by atoms with van der Waals surface area (Å²) in [6, 6.07) is 33.1. The molecule has 1 aliphatic heterocycles. The molecule has 0 bridgehead atoms. The maximum Gasteiger partial charge on any atom is 0.495 e. The summed E-state index contributed by atoms with van der Waals surface area (Å²) in [5.74, 6) is 0. The van der Waals surface area contributed by atoms with Crippen LogP contribution in [0.25, 0.3) is 52.8 Å². The lowest BCUT2D eigenvalue weighted by molar-refractivity contribution is 0.00578. The molecular formula is C32H27BO2S. The Kier molecular flexibility index (Phi) is 4.69. The van der Waals surface area contributed by atoms with Gasteiger partial charge < -0.3 is 9.31 Å². The molecular weight excluding hydrogens is 459 g/mol. The van der Waals surface area contributed by atoms with Crippen molar-refractivity contribution in [3.05, 3.63) is 91.0 Å². The summed E-state index contributed by atoms with van der Waals surface area (Å²) >= 11 is 1.87. The molecule has 0 aliphatic carbocycles. The van der Waals surface area contributed by atoms with E-state index in [1.807, 2.05) is 11.3 Å². The number of hydrogen-bond acceptors (Lipinski definition) is 3. The molecule has 6 aromatic rings. The van der Waals surface area contributed by atoms with Crippen molar-refractivity contribution in [3.8, 4) is 11.1 Å². The van der Waals surface area contributed by atoms with Crippen LogP contribution in [-0.4, -0.2) is 18.3 Å². The zero-order chi connectivity index (χ0) is 24.7. The lowest BCUT2D eigenvalue weighted by Gasteiger charge is -2.32. The third-order valence-electron chi connectivity index (χ3n) is 8.14. The SMILES string of the molecule is CC1(C)OB(c2ccc(-c3ccc4sc5ccc6ccccc6c5c4c3)c3ccccc23)OC1(C)C. The molecule has 0 atom stereocenters. The lowest BCUT2D eigenvalue weighted by atomic mass is 9.75. The van der Waals surface area contributed by atoms with Crippen LogP contribution in [0.5, 0.6) is 0 Å². The minimum Gasteiger partial charge on any atom is -0.399 e. The van der Waals surface area contributed by atoms with E-state index in [0.29, 0.717) is 0 Å². The van der Waals surface area contributed by atoms with Crippen molar-refractivity contribution in [2.75, 3.05) is 0 Å². The van der Waals surface area contributed by atoms with Crippen LogP contribution in [0.3, 0.4) is 0 Å². The molecule has 0 spiro atoms. The van der Waals surface area contributed by atoms with E-state index in [1.54, 1.807) is 0 Å². The van der Waals surface area contributed by atoms with E-state index >= 15 is 0 Å². The third-order valence-corrected chi connectivity index (χ3v) is 9.27. The monoisotopic (exact) mass is 486 g/mol. The minimum atomic E-state index is -0.386. The van der Waals surface area contributed by atoms with E-state index in [-0.39, 0.29) is 18.3 Å². The second-order valence-electron chi connectivity index (χ2n) is 10.8. The van der Waals surface area contributed by atoms with Crippen LogP contribution in [0.1, 0.15) is 27.7 Å². The lowest BCUT2D eigenvalue weighted by Crippen LogP contribution is -2.41. The maximum absolute atomic E-state index is 6.42. The quantitative estimate of drug-likeness (QED) is 0.229. The van der Waals surface area contributed by atoms with Gasteiger partial charge in [-0.2, -0.15) is 0 Å². The predicted octanol–water partition coefficient (Wildman–Crippen LogP) is 8.33. The van der Waals surface area contributed by atoms with Crippen LogP contribution in [0.15, 0.2) is 91.0 Å². The summed E-state index contributed by atoms with van der Waals surface area (Å²) in [4.78, 5) is 0. The molecule has 1 fully saturated rings. The van der Waals surface area contributed by atoms with Crippen LogP contribution in [0.4, 0.5) is 0 Å². The van der Waals surface area contributed by atoms with Gasteiger partial charge in [0, 0.05) is 20.2 Å². The standard InChI is InChI=1S/C32H27BO2S/c1-31(2)32(3,4)35-33(34-31)27-16-15-22(24-11-7-8-12-25(24)27)21-14-17-28-26(19-21)30-23-10-6-5-9-20(23)13-18-29(30)36-28/h5-19H,1-4H3. The number of thiophene rings is 1.